The maximum Gasteiger partial charge on any atom is 0.273 e. The Morgan fingerprint density at radius 2 is 1.71 bits per heavy atom. The molecule has 3 aromatic rings. The second kappa shape index (κ2) is 11.2. The molecule has 4 rings (SSSR count). The van der Waals surface area contributed by atoms with Crippen molar-refractivity contribution >= 4 is 46.3 Å². The summed E-state index contributed by atoms with van der Waals surface area (Å²) in [6, 6.07) is 12.3. The fourth-order valence-corrected chi connectivity index (χ4v) is 5.65. The first-order chi connectivity index (χ1) is 18.1. The zero-order valence-corrected chi connectivity index (χ0v) is 23.0. The van der Waals surface area contributed by atoms with Gasteiger partial charge in [-0.3, -0.25) is 19.3 Å². The van der Waals surface area contributed by atoms with E-state index in [-0.39, 0.29) is 28.2 Å². The molecule has 10 heteroatoms. The fourth-order valence-electron chi connectivity index (χ4n) is 4.90. The maximum absolute atomic E-state index is 14.2. The molecule has 38 heavy (non-hydrogen) atoms. The minimum Gasteiger partial charge on any atom is -0.395 e. The lowest BCUT2D eigenvalue weighted by molar-refractivity contribution is -0.123. The van der Waals surface area contributed by atoms with E-state index in [2.05, 4.69) is 9.69 Å². The number of benzene rings is 2. The van der Waals surface area contributed by atoms with Gasteiger partial charge in [-0.1, -0.05) is 42.7 Å². The molecule has 1 aromatic heterocycles. The molecule has 200 valence electrons. The number of nitrogens with zero attached hydrogens (tertiary/aromatic N) is 3. The molecule has 5 N–H and O–H groups in total. The van der Waals surface area contributed by atoms with Crippen molar-refractivity contribution in [2.75, 3.05) is 29.6 Å². The van der Waals surface area contributed by atoms with Crippen LogP contribution in [0.25, 0.3) is 0 Å². The monoisotopic (exact) mass is 534 g/mol. The van der Waals surface area contributed by atoms with Crippen molar-refractivity contribution in [1.29, 1.82) is 0 Å². The number of aryl methyl sites for hydroxylation is 2. The topological polar surface area (TPSA) is 135 Å². The molecule has 3 amide bonds. The fraction of sp³-hybridized carbons (Fsp3) is 0.357. The molecule has 0 aliphatic heterocycles. The predicted octanol–water partition coefficient (Wildman–Crippen LogP) is 3.95. The van der Waals surface area contributed by atoms with E-state index in [0.29, 0.717) is 11.3 Å². The van der Waals surface area contributed by atoms with Crippen LogP contribution < -0.4 is 26.6 Å². The highest BCUT2D eigenvalue weighted by Gasteiger charge is 2.37. The van der Waals surface area contributed by atoms with Gasteiger partial charge in [0.1, 0.15) is 10.9 Å². The summed E-state index contributed by atoms with van der Waals surface area (Å²) in [5.74, 6) is -1.62. The summed E-state index contributed by atoms with van der Waals surface area (Å²) in [6.07, 6.45) is 3.92. The van der Waals surface area contributed by atoms with Crippen LogP contribution in [-0.2, 0) is 4.79 Å². The number of nitrogen functional groups attached to an aromatic ring is 1. The summed E-state index contributed by atoms with van der Waals surface area (Å²) in [5.41, 5.74) is 15.4. The van der Waals surface area contributed by atoms with E-state index in [1.54, 1.807) is 0 Å². The second-order valence-corrected chi connectivity index (χ2v) is 10.8. The van der Waals surface area contributed by atoms with E-state index in [9.17, 15) is 14.4 Å². The third-order valence-electron chi connectivity index (χ3n) is 6.92. The minimum absolute atomic E-state index is 0.0528. The standard InChI is InChI=1S/C28H34N6O3S/c1-16-9-14-21(17(2)15-16)34(28(37)25-22(29)23(26(30)35)32-38-25)24(27(36)31-19-7-5-6-8-19)18-10-12-20(13-11-18)33(3)4/h9-15,19,24H,5-8,29H2,1-4H3,(H2,30,35)(H,31,36)/t24-/m1/s1. The molecule has 1 aliphatic rings. The molecule has 0 radical (unpaired) electrons. The summed E-state index contributed by atoms with van der Waals surface area (Å²) >= 11 is 0.803. The number of amides is 3. The smallest absolute Gasteiger partial charge is 0.273 e. The first kappa shape index (κ1) is 27.1. The number of anilines is 3. The van der Waals surface area contributed by atoms with Gasteiger partial charge in [0.2, 0.25) is 5.91 Å². The summed E-state index contributed by atoms with van der Waals surface area (Å²) in [5, 5.41) is 3.18. The van der Waals surface area contributed by atoms with Crippen LogP contribution in [0, 0.1) is 13.8 Å². The van der Waals surface area contributed by atoms with Crippen molar-refractivity contribution in [2.45, 2.75) is 51.6 Å². The molecule has 0 bridgehead atoms. The largest absolute Gasteiger partial charge is 0.395 e. The number of aromatic nitrogens is 1. The average Bonchev–Trinajstić information content (AvgIpc) is 3.52. The molecule has 1 fully saturated rings. The second-order valence-electron chi connectivity index (χ2n) is 9.98. The van der Waals surface area contributed by atoms with Gasteiger partial charge in [-0.2, -0.15) is 4.37 Å². The van der Waals surface area contributed by atoms with Crippen LogP contribution in [0.2, 0.25) is 0 Å². The number of rotatable bonds is 8. The number of carbonyl (C=O) groups is 3. The van der Waals surface area contributed by atoms with E-state index in [1.807, 2.05) is 75.3 Å². The summed E-state index contributed by atoms with van der Waals surface area (Å²) in [7, 11) is 3.88. The van der Waals surface area contributed by atoms with Gasteiger partial charge in [-0.05, 0) is 67.5 Å². The van der Waals surface area contributed by atoms with Crippen LogP contribution in [0.4, 0.5) is 17.1 Å². The molecule has 2 aromatic carbocycles. The minimum atomic E-state index is -0.987. The van der Waals surface area contributed by atoms with Crippen LogP contribution in [0.15, 0.2) is 42.5 Å². The highest BCUT2D eigenvalue weighted by atomic mass is 32.1. The van der Waals surface area contributed by atoms with Crippen LogP contribution in [-0.4, -0.2) is 42.2 Å². The van der Waals surface area contributed by atoms with E-state index in [1.165, 1.54) is 4.90 Å². The molecule has 1 saturated carbocycles. The molecule has 0 saturated heterocycles. The van der Waals surface area contributed by atoms with Crippen LogP contribution in [0.1, 0.15) is 68.6 Å². The lowest BCUT2D eigenvalue weighted by Gasteiger charge is -2.33. The summed E-state index contributed by atoms with van der Waals surface area (Å²) in [6.45, 7) is 3.86. The van der Waals surface area contributed by atoms with Crippen molar-refractivity contribution in [3.05, 3.63) is 69.7 Å². The molecule has 1 aliphatic carbocycles. The predicted molar refractivity (Wildman–Crippen MR) is 152 cm³/mol. The Balaban J connectivity index is 1.89. The van der Waals surface area contributed by atoms with Gasteiger partial charge < -0.3 is 21.7 Å². The Morgan fingerprint density at radius 3 is 2.26 bits per heavy atom. The lowest BCUT2D eigenvalue weighted by atomic mass is 9.99. The zero-order chi connectivity index (χ0) is 27.6. The average molecular weight is 535 g/mol. The first-order valence-electron chi connectivity index (χ1n) is 12.6. The number of carbonyl (C=O) groups excluding carboxylic acids is 3. The van der Waals surface area contributed by atoms with Crippen molar-refractivity contribution < 1.29 is 14.4 Å². The molecule has 9 nitrogen and oxygen atoms in total. The molecular formula is C28H34N6O3S. The number of hydrogen-bond donors (Lipinski definition) is 3. The summed E-state index contributed by atoms with van der Waals surface area (Å²) < 4.78 is 4.03. The van der Waals surface area contributed by atoms with Gasteiger partial charge in [0.25, 0.3) is 11.8 Å². The maximum atomic E-state index is 14.2. The molecule has 1 heterocycles. The molecule has 0 unspecified atom stereocenters. The van der Waals surface area contributed by atoms with E-state index >= 15 is 0 Å². The van der Waals surface area contributed by atoms with Gasteiger partial charge in [0.15, 0.2) is 5.69 Å². The van der Waals surface area contributed by atoms with E-state index in [4.69, 9.17) is 11.5 Å². The quantitative estimate of drug-likeness (QED) is 0.401. The van der Waals surface area contributed by atoms with Crippen LogP contribution in [0.3, 0.4) is 0 Å². The third-order valence-corrected chi connectivity index (χ3v) is 7.77. The Morgan fingerprint density at radius 1 is 1.05 bits per heavy atom. The Kier molecular flexibility index (Phi) is 8.01. The SMILES string of the molecule is Cc1ccc(N(C(=O)c2snc(C(N)=O)c2N)[C@@H](C(=O)NC2CCCC2)c2ccc(N(C)C)cc2)c(C)c1. The molecular weight excluding hydrogens is 500 g/mol. The van der Waals surface area contributed by atoms with Gasteiger partial charge in [-0.15, -0.1) is 0 Å². The van der Waals surface area contributed by atoms with Gasteiger partial charge in [0.05, 0.1) is 5.69 Å². The van der Waals surface area contributed by atoms with Crippen molar-refractivity contribution in [1.82, 2.24) is 9.69 Å². The third kappa shape index (κ3) is 5.50. The number of nitrogens with two attached hydrogens (primary N) is 2. The molecule has 0 spiro atoms. The van der Waals surface area contributed by atoms with Crippen molar-refractivity contribution in [3.63, 3.8) is 0 Å². The lowest BCUT2D eigenvalue weighted by Crippen LogP contribution is -2.46. The zero-order valence-electron chi connectivity index (χ0n) is 22.2. The normalized spacial score (nSPS) is 14.2. The first-order valence-corrected chi connectivity index (χ1v) is 13.4. The van der Waals surface area contributed by atoms with Crippen LogP contribution in [0.5, 0.6) is 0 Å². The van der Waals surface area contributed by atoms with E-state index < -0.39 is 17.9 Å². The molecule has 1 atom stereocenters. The Hall–Kier alpha value is -3.92. The highest BCUT2D eigenvalue weighted by Crippen LogP contribution is 2.36. The summed E-state index contributed by atoms with van der Waals surface area (Å²) in [4.78, 5) is 43.6. The number of primary amides is 1. The van der Waals surface area contributed by atoms with Gasteiger partial charge in [0, 0.05) is 31.5 Å². The Labute approximate surface area is 227 Å². The van der Waals surface area contributed by atoms with Crippen molar-refractivity contribution in [2.24, 2.45) is 5.73 Å². The van der Waals surface area contributed by atoms with Gasteiger partial charge >= 0.3 is 0 Å². The van der Waals surface area contributed by atoms with Gasteiger partial charge in [-0.25, -0.2) is 0 Å². The highest BCUT2D eigenvalue weighted by molar-refractivity contribution is 7.09. The Bertz CT molecular complexity index is 1350. The van der Waals surface area contributed by atoms with E-state index in [0.717, 1.165) is 54.0 Å². The number of hydrogen-bond acceptors (Lipinski definition) is 7. The van der Waals surface area contributed by atoms with Crippen LogP contribution >= 0.6 is 11.5 Å². The van der Waals surface area contributed by atoms with Crippen molar-refractivity contribution in [3.8, 4) is 0 Å². The number of nitrogens with one attached hydrogen (secondary N) is 1.